The number of benzene rings is 4. The molecule has 0 saturated carbocycles. The predicted octanol–water partition coefficient (Wildman–Crippen LogP) is 8.26. The molecule has 0 bridgehead atoms. The van der Waals surface area contributed by atoms with Crippen molar-refractivity contribution in [1.29, 1.82) is 0 Å². The Morgan fingerprint density at radius 1 is 0.864 bits per heavy atom. The molecule has 5 rings (SSSR count). The largest absolute Gasteiger partial charge is 0.497 e. The minimum atomic E-state index is -0.572. The molecule has 8 nitrogen and oxygen atoms in total. The van der Waals surface area contributed by atoms with Crippen LogP contribution in [-0.2, 0) is 9.53 Å². The Morgan fingerprint density at radius 2 is 1.57 bits per heavy atom. The highest BCUT2D eigenvalue weighted by molar-refractivity contribution is 6.42. The number of carbonyl (C=O) groups excluding carboxylic acids is 2. The first kappa shape index (κ1) is 30.9. The number of amides is 1. The molecule has 226 valence electrons. The summed E-state index contributed by atoms with van der Waals surface area (Å²) in [5, 5.41) is 10.2. The van der Waals surface area contributed by atoms with Gasteiger partial charge in [-0.15, -0.1) is 0 Å². The zero-order valence-corrected chi connectivity index (χ0v) is 26.2. The van der Waals surface area contributed by atoms with Crippen molar-refractivity contribution >= 4 is 45.9 Å². The number of carbonyl (C=O) groups is 2. The van der Waals surface area contributed by atoms with Crippen LogP contribution in [0, 0.1) is 0 Å². The van der Waals surface area contributed by atoms with Crippen LogP contribution in [0.5, 0.6) is 17.2 Å². The number of hydrogen-bond donors (Lipinski definition) is 1. The van der Waals surface area contributed by atoms with Gasteiger partial charge in [-0.3, -0.25) is 9.59 Å². The Bertz CT molecular complexity index is 1830. The lowest BCUT2D eigenvalue weighted by Crippen LogP contribution is -2.29. The van der Waals surface area contributed by atoms with E-state index in [1.54, 1.807) is 75.2 Å². The molecule has 0 atom stereocenters. The average molecular weight is 633 g/mol. The zero-order valence-electron chi connectivity index (χ0n) is 24.7. The van der Waals surface area contributed by atoms with E-state index >= 15 is 0 Å². The minimum absolute atomic E-state index is 0.0815. The first-order valence-corrected chi connectivity index (χ1v) is 14.7. The number of rotatable bonds is 9. The van der Waals surface area contributed by atoms with Gasteiger partial charge in [0.2, 0.25) is 0 Å². The monoisotopic (exact) mass is 631 g/mol. The van der Waals surface area contributed by atoms with Gasteiger partial charge in [-0.1, -0.05) is 41.4 Å². The van der Waals surface area contributed by atoms with Crippen LogP contribution in [0.1, 0.15) is 37.6 Å². The number of ether oxygens (including phenoxy) is 3. The summed E-state index contributed by atoms with van der Waals surface area (Å²) in [5.41, 5.74) is 2.13. The molecular formula is C34H31Cl2N3O5. The number of halogens is 2. The van der Waals surface area contributed by atoms with Crippen LogP contribution in [0.25, 0.3) is 27.7 Å². The second-order valence-electron chi connectivity index (χ2n) is 11.0. The molecule has 5 aromatic rings. The Kier molecular flexibility index (Phi) is 9.13. The summed E-state index contributed by atoms with van der Waals surface area (Å²) in [7, 11) is 1.64. The van der Waals surface area contributed by atoms with Crippen molar-refractivity contribution in [3.8, 4) is 34.2 Å². The number of esters is 1. The SMILES string of the molecule is COc1ccc2cc(-c3c(Oc4ccc(C(=O)NCCC(=O)OC(C)(C)C)cc4)cnn3-c3ccc(Cl)c(Cl)c3)ccc2c1. The number of nitrogens with one attached hydrogen (secondary N) is 1. The Morgan fingerprint density at radius 3 is 2.27 bits per heavy atom. The third kappa shape index (κ3) is 7.33. The van der Waals surface area contributed by atoms with E-state index in [0.717, 1.165) is 22.1 Å². The normalized spacial score (nSPS) is 11.3. The maximum absolute atomic E-state index is 12.6. The van der Waals surface area contributed by atoms with E-state index in [-0.39, 0.29) is 24.8 Å². The molecule has 0 unspecified atom stereocenters. The number of aromatic nitrogens is 2. The number of fused-ring (bicyclic) bond motifs is 1. The number of nitrogens with zero attached hydrogens (tertiary/aromatic N) is 2. The lowest BCUT2D eigenvalue weighted by molar-refractivity contribution is -0.154. The van der Waals surface area contributed by atoms with Gasteiger partial charge < -0.3 is 19.5 Å². The molecule has 1 heterocycles. The predicted molar refractivity (Wildman–Crippen MR) is 172 cm³/mol. The Hall–Kier alpha value is -4.53. The van der Waals surface area contributed by atoms with Gasteiger partial charge in [0.25, 0.3) is 5.91 Å². The fourth-order valence-corrected chi connectivity index (χ4v) is 4.85. The lowest BCUT2D eigenvalue weighted by atomic mass is 10.0. The van der Waals surface area contributed by atoms with Gasteiger partial charge in [-0.2, -0.15) is 5.10 Å². The van der Waals surface area contributed by atoms with E-state index < -0.39 is 5.60 Å². The van der Waals surface area contributed by atoms with Crippen LogP contribution in [0.3, 0.4) is 0 Å². The van der Waals surface area contributed by atoms with Crippen molar-refractivity contribution in [3.05, 3.63) is 101 Å². The Labute approximate surface area is 265 Å². The maximum atomic E-state index is 12.6. The topological polar surface area (TPSA) is 91.7 Å². The van der Waals surface area contributed by atoms with Gasteiger partial charge in [0.15, 0.2) is 5.75 Å². The molecule has 0 aliphatic heterocycles. The number of methoxy groups -OCH3 is 1. The molecule has 0 aliphatic carbocycles. The maximum Gasteiger partial charge on any atom is 0.308 e. The minimum Gasteiger partial charge on any atom is -0.497 e. The molecular weight excluding hydrogens is 601 g/mol. The van der Waals surface area contributed by atoms with E-state index in [2.05, 4.69) is 16.5 Å². The fourth-order valence-electron chi connectivity index (χ4n) is 4.56. The summed E-state index contributed by atoms with van der Waals surface area (Å²) in [4.78, 5) is 24.6. The summed E-state index contributed by atoms with van der Waals surface area (Å²) in [6, 6.07) is 24.0. The third-order valence-electron chi connectivity index (χ3n) is 6.58. The average Bonchev–Trinajstić information content (AvgIpc) is 3.40. The van der Waals surface area contributed by atoms with E-state index in [4.69, 9.17) is 37.4 Å². The van der Waals surface area contributed by atoms with Gasteiger partial charge in [-0.05, 0) is 92.2 Å². The second kappa shape index (κ2) is 13.0. The molecule has 0 saturated heterocycles. The second-order valence-corrected chi connectivity index (χ2v) is 11.8. The Balaban J connectivity index is 1.40. The van der Waals surface area contributed by atoms with E-state index in [9.17, 15) is 9.59 Å². The van der Waals surface area contributed by atoms with Crippen molar-refractivity contribution < 1.29 is 23.8 Å². The van der Waals surface area contributed by atoms with Crippen molar-refractivity contribution in [2.24, 2.45) is 0 Å². The quantitative estimate of drug-likeness (QED) is 0.165. The molecule has 1 N–H and O–H groups in total. The highest BCUT2D eigenvalue weighted by Gasteiger charge is 2.19. The van der Waals surface area contributed by atoms with Crippen LogP contribution in [0.15, 0.2) is 85.1 Å². The highest BCUT2D eigenvalue weighted by atomic mass is 35.5. The van der Waals surface area contributed by atoms with Crippen molar-refractivity contribution in [1.82, 2.24) is 15.1 Å². The van der Waals surface area contributed by atoms with Crippen molar-refractivity contribution in [3.63, 3.8) is 0 Å². The fraction of sp³-hybridized carbons (Fsp3) is 0.206. The van der Waals surface area contributed by atoms with Crippen LogP contribution in [-0.4, -0.2) is 40.9 Å². The summed E-state index contributed by atoms with van der Waals surface area (Å²) in [5.74, 6) is 1.11. The molecule has 10 heteroatoms. The van der Waals surface area contributed by atoms with Crippen LogP contribution >= 0.6 is 23.2 Å². The smallest absolute Gasteiger partial charge is 0.308 e. The summed E-state index contributed by atoms with van der Waals surface area (Å²) < 4.78 is 18.7. The summed E-state index contributed by atoms with van der Waals surface area (Å²) >= 11 is 12.5. The summed E-state index contributed by atoms with van der Waals surface area (Å²) in [6.45, 7) is 5.57. The van der Waals surface area contributed by atoms with Crippen molar-refractivity contribution in [2.45, 2.75) is 32.8 Å². The van der Waals surface area contributed by atoms with Gasteiger partial charge >= 0.3 is 5.97 Å². The molecule has 1 amide bonds. The lowest BCUT2D eigenvalue weighted by Gasteiger charge is -2.19. The van der Waals surface area contributed by atoms with Crippen LogP contribution in [0.4, 0.5) is 0 Å². The molecule has 0 aliphatic rings. The molecule has 1 aromatic heterocycles. The third-order valence-corrected chi connectivity index (χ3v) is 7.32. The van der Waals surface area contributed by atoms with E-state index in [1.807, 2.05) is 36.4 Å². The van der Waals surface area contributed by atoms with E-state index in [1.165, 1.54) is 0 Å². The van der Waals surface area contributed by atoms with Gasteiger partial charge in [0.05, 0.1) is 35.5 Å². The standard InChI is InChI=1S/C34H31Cl2N3O5/c1-34(2,3)44-31(40)15-16-37-33(41)21-7-11-26(12-8-21)43-30-20-38-39(25-10-14-28(35)29(36)19-25)32(30)24-6-5-23-18-27(42-4)13-9-22(23)17-24/h5-14,17-20H,15-16H2,1-4H3,(H,37,41). The van der Waals surface area contributed by atoms with Gasteiger partial charge in [0, 0.05) is 17.7 Å². The summed E-state index contributed by atoms with van der Waals surface area (Å²) in [6.07, 6.45) is 1.71. The molecule has 4 aromatic carbocycles. The molecule has 0 spiro atoms. The molecule has 44 heavy (non-hydrogen) atoms. The van der Waals surface area contributed by atoms with E-state index in [0.29, 0.717) is 38.5 Å². The highest BCUT2D eigenvalue weighted by Crippen LogP contribution is 2.38. The van der Waals surface area contributed by atoms with Gasteiger partial charge in [0.1, 0.15) is 22.8 Å². The molecule has 0 radical (unpaired) electrons. The first-order valence-electron chi connectivity index (χ1n) is 13.9. The van der Waals surface area contributed by atoms with Gasteiger partial charge in [-0.25, -0.2) is 4.68 Å². The molecule has 0 fully saturated rings. The van der Waals surface area contributed by atoms with Crippen LogP contribution in [0.2, 0.25) is 10.0 Å². The first-order chi connectivity index (χ1) is 21.0. The van der Waals surface area contributed by atoms with Crippen molar-refractivity contribution in [2.75, 3.05) is 13.7 Å². The van der Waals surface area contributed by atoms with Crippen LogP contribution < -0.4 is 14.8 Å². The zero-order chi connectivity index (χ0) is 31.4. The number of hydrogen-bond acceptors (Lipinski definition) is 6.